The van der Waals surface area contributed by atoms with Crippen molar-refractivity contribution in [3.8, 4) is 0 Å². The van der Waals surface area contributed by atoms with Gasteiger partial charge >= 0.3 is 0 Å². The number of rotatable bonds is 3. The molecule has 0 fully saturated rings. The minimum absolute atomic E-state index is 0.0854. The molecule has 1 aromatic heterocycles. The lowest BCUT2D eigenvalue weighted by Crippen LogP contribution is -2.27. The number of pyridine rings is 1. The molecule has 1 aliphatic rings. The van der Waals surface area contributed by atoms with E-state index in [2.05, 4.69) is 24.0 Å². The maximum atomic E-state index is 13.1. The zero-order chi connectivity index (χ0) is 17.9. The number of nitrogens with zero attached hydrogens (tertiary/aromatic N) is 3. The summed E-state index contributed by atoms with van der Waals surface area (Å²) in [5, 5.41) is 6.32. The van der Waals surface area contributed by atoms with Gasteiger partial charge in [-0.2, -0.15) is 5.10 Å². The van der Waals surface area contributed by atoms with Crippen molar-refractivity contribution in [2.45, 2.75) is 19.4 Å². The summed E-state index contributed by atoms with van der Waals surface area (Å²) in [5.41, 5.74) is 4.76. The Morgan fingerprint density at radius 2 is 1.77 bits per heavy atom. The van der Waals surface area contributed by atoms with Gasteiger partial charge in [-0.05, 0) is 36.2 Å². The Kier molecular flexibility index (Phi) is 4.32. The van der Waals surface area contributed by atoms with Gasteiger partial charge in [-0.1, -0.05) is 48.5 Å². The second-order valence-corrected chi connectivity index (χ2v) is 6.38. The SMILES string of the molecule is Cc1ccccc1C1CC(c2cccnc2)=NN1C(=O)c1ccccc1. The van der Waals surface area contributed by atoms with Gasteiger partial charge in [0.05, 0.1) is 11.8 Å². The monoisotopic (exact) mass is 341 g/mol. The van der Waals surface area contributed by atoms with Gasteiger partial charge in [0.15, 0.2) is 0 Å². The molecular formula is C22H19N3O. The van der Waals surface area contributed by atoms with Crippen LogP contribution in [0.2, 0.25) is 0 Å². The molecule has 4 heteroatoms. The fraction of sp³-hybridized carbons (Fsp3) is 0.136. The van der Waals surface area contributed by atoms with Crippen LogP contribution in [0, 0.1) is 6.92 Å². The lowest BCUT2D eigenvalue weighted by Gasteiger charge is -2.23. The summed E-state index contributed by atoms with van der Waals surface area (Å²) in [5.74, 6) is -0.0854. The highest BCUT2D eigenvalue weighted by molar-refractivity contribution is 6.04. The average Bonchev–Trinajstić information content (AvgIpc) is 3.14. The number of hydrazone groups is 1. The summed E-state index contributed by atoms with van der Waals surface area (Å²) in [4.78, 5) is 17.3. The molecule has 1 aliphatic heterocycles. The molecule has 4 rings (SSSR count). The molecule has 0 bridgehead atoms. The molecule has 26 heavy (non-hydrogen) atoms. The van der Waals surface area contributed by atoms with Gasteiger partial charge < -0.3 is 0 Å². The molecule has 1 atom stereocenters. The summed E-state index contributed by atoms with van der Waals surface area (Å²) < 4.78 is 0. The molecular weight excluding hydrogens is 322 g/mol. The van der Waals surface area contributed by atoms with Crippen LogP contribution in [0.1, 0.15) is 39.5 Å². The highest BCUT2D eigenvalue weighted by atomic mass is 16.2. The highest BCUT2D eigenvalue weighted by Gasteiger charge is 2.34. The van der Waals surface area contributed by atoms with E-state index in [-0.39, 0.29) is 11.9 Å². The zero-order valence-corrected chi connectivity index (χ0v) is 14.5. The number of amides is 1. The Morgan fingerprint density at radius 3 is 2.50 bits per heavy atom. The number of benzene rings is 2. The van der Waals surface area contributed by atoms with Crippen molar-refractivity contribution in [3.05, 3.63) is 101 Å². The summed E-state index contributed by atoms with van der Waals surface area (Å²) in [6, 6.07) is 21.2. The first-order chi connectivity index (χ1) is 12.7. The van der Waals surface area contributed by atoms with E-state index in [4.69, 9.17) is 5.10 Å². The first-order valence-corrected chi connectivity index (χ1v) is 8.66. The van der Waals surface area contributed by atoms with E-state index in [0.717, 1.165) is 22.4 Å². The van der Waals surface area contributed by atoms with Crippen molar-refractivity contribution in [1.82, 2.24) is 9.99 Å². The fourth-order valence-corrected chi connectivity index (χ4v) is 3.32. The molecule has 1 amide bonds. The maximum Gasteiger partial charge on any atom is 0.274 e. The van der Waals surface area contributed by atoms with Crippen molar-refractivity contribution in [2.24, 2.45) is 5.10 Å². The summed E-state index contributed by atoms with van der Waals surface area (Å²) in [7, 11) is 0. The topological polar surface area (TPSA) is 45.6 Å². The minimum Gasteiger partial charge on any atom is -0.267 e. The predicted molar refractivity (Wildman–Crippen MR) is 102 cm³/mol. The van der Waals surface area contributed by atoms with Gasteiger partial charge in [-0.25, -0.2) is 5.01 Å². The highest BCUT2D eigenvalue weighted by Crippen LogP contribution is 2.35. The van der Waals surface area contributed by atoms with Gasteiger partial charge in [-0.15, -0.1) is 0 Å². The van der Waals surface area contributed by atoms with Crippen LogP contribution < -0.4 is 0 Å². The van der Waals surface area contributed by atoms with Crippen LogP contribution in [0.25, 0.3) is 0 Å². The van der Waals surface area contributed by atoms with Gasteiger partial charge in [-0.3, -0.25) is 9.78 Å². The number of carbonyl (C=O) groups is 1. The molecule has 3 aromatic rings. The predicted octanol–water partition coefficient (Wildman–Crippen LogP) is 4.38. The molecule has 2 aromatic carbocycles. The normalized spacial score (nSPS) is 16.4. The van der Waals surface area contributed by atoms with E-state index in [1.165, 1.54) is 0 Å². The lowest BCUT2D eigenvalue weighted by molar-refractivity contribution is 0.0711. The van der Waals surface area contributed by atoms with Crippen LogP contribution in [0.3, 0.4) is 0 Å². The quantitative estimate of drug-likeness (QED) is 0.709. The maximum absolute atomic E-state index is 13.1. The van der Waals surface area contributed by atoms with Crippen LogP contribution >= 0.6 is 0 Å². The molecule has 2 heterocycles. The van der Waals surface area contributed by atoms with E-state index in [1.807, 2.05) is 54.6 Å². The van der Waals surface area contributed by atoms with E-state index < -0.39 is 0 Å². The lowest BCUT2D eigenvalue weighted by atomic mass is 9.95. The summed E-state index contributed by atoms with van der Waals surface area (Å²) >= 11 is 0. The average molecular weight is 341 g/mol. The van der Waals surface area contributed by atoms with E-state index in [1.54, 1.807) is 17.4 Å². The molecule has 1 unspecified atom stereocenters. The van der Waals surface area contributed by atoms with Crippen molar-refractivity contribution in [2.75, 3.05) is 0 Å². The first kappa shape index (κ1) is 16.2. The molecule has 0 saturated carbocycles. The molecule has 0 N–H and O–H groups in total. The number of carbonyl (C=O) groups excluding carboxylic acids is 1. The molecule has 0 spiro atoms. The Balaban J connectivity index is 1.76. The molecule has 128 valence electrons. The smallest absolute Gasteiger partial charge is 0.267 e. The molecule has 4 nitrogen and oxygen atoms in total. The van der Waals surface area contributed by atoms with Gasteiger partial charge in [0.1, 0.15) is 0 Å². The van der Waals surface area contributed by atoms with E-state index in [0.29, 0.717) is 12.0 Å². The van der Waals surface area contributed by atoms with Crippen molar-refractivity contribution >= 4 is 11.6 Å². The number of aryl methyl sites for hydroxylation is 1. The van der Waals surface area contributed by atoms with Crippen LogP contribution in [0.4, 0.5) is 0 Å². The van der Waals surface area contributed by atoms with Crippen molar-refractivity contribution in [3.63, 3.8) is 0 Å². The number of hydrogen-bond donors (Lipinski definition) is 0. The molecule has 0 radical (unpaired) electrons. The van der Waals surface area contributed by atoms with Crippen LogP contribution in [0.5, 0.6) is 0 Å². The molecule has 0 saturated heterocycles. The molecule has 0 aliphatic carbocycles. The van der Waals surface area contributed by atoms with Crippen LogP contribution in [-0.2, 0) is 0 Å². The summed E-state index contributed by atoms with van der Waals surface area (Å²) in [6.07, 6.45) is 4.21. The van der Waals surface area contributed by atoms with Crippen molar-refractivity contribution in [1.29, 1.82) is 0 Å². The Labute approximate surface area is 152 Å². The second-order valence-electron chi connectivity index (χ2n) is 6.38. The third-order valence-corrected chi connectivity index (χ3v) is 4.68. The Bertz CT molecular complexity index is 951. The Morgan fingerprint density at radius 1 is 1.00 bits per heavy atom. The standard InChI is InChI=1S/C22H19N3O/c1-16-8-5-6-12-19(16)21-14-20(18-11-7-13-23-15-18)24-25(21)22(26)17-9-3-2-4-10-17/h2-13,15,21H,14H2,1H3. The van der Waals surface area contributed by atoms with E-state index >= 15 is 0 Å². The third-order valence-electron chi connectivity index (χ3n) is 4.68. The Hall–Kier alpha value is -3.27. The number of aromatic nitrogens is 1. The van der Waals surface area contributed by atoms with Gasteiger partial charge in [0.25, 0.3) is 5.91 Å². The third kappa shape index (κ3) is 3.02. The second kappa shape index (κ2) is 6.92. The van der Waals surface area contributed by atoms with Gasteiger partial charge in [0, 0.05) is 29.9 Å². The fourth-order valence-electron chi connectivity index (χ4n) is 3.32. The van der Waals surface area contributed by atoms with Crippen LogP contribution in [-0.4, -0.2) is 21.6 Å². The summed E-state index contributed by atoms with van der Waals surface area (Å²) in [6.45, 7) is 2.07. The first-order valence-electron chi connectivity index (χ1n) is 8.66. The van der Waals surface area contributed by atoms with Crippen molar-refractivity contribution < 1.29 is 4.79 Å². The zero-order valence-electron chi connectivity index (χ0n) is 14.5. The minimum atomic E-state index is -0.112. The van der Waals surface area contributed by atoms with E-state index in [9.17, 15) is 4.79 Å². The van der Waals surface area contributed by atoms with Gasteiger partial charge in [0.2, 0.25) is 0 Å². The number of hydrogen-bond acceptors (Lipinski definition) is 3. The van der Waals surface area contributed by atoms with Crippen LogP contribution in [0.15, 0.2) is 84.2 Å². The largest absolute Gasteiger partial charge is 0.274 e.